The van der Waals surface area contributed by atoms with Crippen LogP contribution in [-0.4, -0.2) is 13.2 Å². The van der Waals surface area contributed by atoms with Gasteiger partial charge in [-0.1, -0.05) is 46.1 Å². The summed E-state index contributed by atoms with van der Waals surface area (Å²) in [6, 6.07) is 0. The van der Waals surface area contributed by atoms with Crippen molar-refractivity contribution in [3.05, 3.63) is 11.6 Å². The molecule has 0 heterocycles. The van der Waals surface area contributed by atoms with Crippen LogP contribution in [0.3, 0.4) is 0 Å². The fourth-order valence-corrected chi connectivity index (χ4v) is 2.72. The number of hydrogen-bond acceptors (Lipinski definition) is 1. The average Bonchev–Trinajstić information content (AvgIpc) is 2.58. The topological polar surface area (TPSA) is 9.23 Å². The second-order valence-corrected chi connectivity index (χ2v) is 4.92. The van der Waals surface area contributed by atoms with Gasteiger partial charge in [0, 0.05) is 7.11 Å². The Morgan fingerprint density at radius 2 is 2.20 bits per heavy atom. The lowest BCUT2D eigenvalue weighted by molar-refractivity contribution is 0.0931. The van der Waals surface area contributed by atoms with E-state index in [0.29, 0.717) is 12.0 Å². The Hall–Kier alpha value is -0.300. The molecule has 1 rings (SSSR count). The maximum absolute atomic E-state index is 5.59. The third kappa shape index (κ3) is 3.34. The summed E-state index contributed by atoms with van der Waals surface area (Å²) >= 11 is 0. The summed E-state index contributed by atoms with van der Waals surface area (Å²) in [5.74, 6) is 1.55. The van der Waals surface area contributed by atoms with Gasteiger partial charge in [0.25, 0.3) is 0 Å². The molecular weight excluding hydrogens is 184 g/mol. The molecule has 1 heteroatoms. The summed E-state index contributed by atoms with van der Waals surface area (Å²) in [6.07, 6.45) is 9.24. The van der Waals surface area contributed by atoms with E-state index in [1.165, 1.54) is 32.1 Å². The first-order chi connectivity index (χ1) is 7.22. The van der Waals surface area contributed by atoms with Gasteiger partial charge in [0.05, 0.1) is 6.10 Å². The van der Waals surface area contributed by atoms with Crippen molar-refractivity contribution in [2.45, 2.75) is 59.0 Å². The molecule has 0 aromatic rings. The fourth-order valence-electron chi connectivity index (χ4n) is 2.72. The fraction of sp³-hybridized carbons (Fsp3) is 0.857. The molecule has 3 unspecified atom stereocenters. The van der Waals surface area contributed by atoms with Gasteiger partial charge in [-0.2, -0.15) is 0 Å². The van der Waals surface area contributed by atoms with Gasteiger partial charge in [-0.05, 0) is 30.3 Å². The highest BCUT2D eigenvalue weighted by molar-refractivity contribution is 5.17. The van der Waals surface area contributed by atoms with Crippen molar-refractivity contribution in [3.63, 3.8) is 0 Å². The predicted molar refractivity (Wildman–Crippen MR) is 66.0 cm³/mol. The summed E-state index contributed by atoms with van der Waals surface area (Å²) in [6.45, 7) is 6.88. The summed E-state index contributed by atoms with van der Waals surface area (Å²) < 4.78 is 5.59. The van der Waals surface area contributed by atoms with Gasteiger partial charge in [0.2, 0.25) is 0 Å². The van der Waals surface area contributed by atoms with Crippen molar-refractivity contribution in [2.24, 2.45) is 11.8 Å². The molecule has 0 saturated carbocycles. The number of methoxy groups -OCH3 is 1. The molecule has 0 fully saturated rings. The maximum atomic E-state index is 5.59. The molecule has 0 aromatic heterocycles. The van der Waals surface area contributed by atoms with E-state index in [1.54, 1.807) is 5.57 Å². The monoisotopic (exact) mass is 210 g/mol. The van der Waals surface area contributed by atoms with Crippen LogP contribution in [-0.2, 0) is 4.74 Å². The van der Waals surface area contributed by atoms with Crippen LogP contribution in [0.1, 0.15) is 52.9 Å². The number of ether oxygens (including phenoxy) is 1. The Balaban J connectivity index is 2.49. The van der Waals surface area contributed by atoms with E-state index in [1.807, 2.05) is 7.11 Å². The Kier molecular flexibility index (Phi) is 5.38. The van der Waals surface area contributed by atoms with Crippen LogP contribution in [0.4, 0.5) is 0 Å². The van der Waals surface area contributed by atoms with Crippen molar-refractivity contribution in [2.75, 3.05) is 7.11 Å². The van der Waals surface area contributed by atoms with Crippen LogP contribution >= 0.6 is 0 Å². The molecule has 1 aliphatic carbocycles. The quantitative estimate of drug-likeness (QED) is 0.597. The van der Waals surface area contributed by atoms with Crippen LogP contribution in [0.15, 0.2) is 11.6 Å². The van der Waals surface area contributed by atoms with Gasteiger partial charge in [-0.3, -0.25) is 0 Å². The lowest BCUT2D eigenvalue weighted by Gasteiger charge is -2.22. The van der Waals surface area contributed by atoms with E-state index in [-0.39, 0.29) is 0 Å². The van der Waals surface area contributed by atoms with Crippen molar-refractivity contribution in [1.82, 2.24) is 0 Å². The molecule has 0 aliphatic heterocycles. The highest BCUT2D eigenvalue weighted by Gasteiger charge is 2.27. The molecule has 0 spiro atoms. The highest BCUT2D eigenvalue weighted by atomic mass is 16.5. The minimum absolute atomic E-state index is 0.399. The smallest absolute Gasteiger partial charge is 0.0809 e. The van der Waals surface area contributed by atoms with Gasteiger partial charge in [0.1, 0.15) is 0 Å². The van der Waals surface area contributed by atoms with E-state index < -0.39 is 0 Å². The Bertz CT molecular complexity index is 207. The van der Waals surface area contributed by atoms with Crippen molar-refractivity contribution in [1.29, 1.82) is 0 Å². The van der Waals surface area contributed by atoms with E-state index in [9.17, 15) is 0 Å². The third-order valence-corrected chi connectivity index (χ3v) is 3.69. The SMILES string of the molecule is CCCC(CC)CC1=CCC(C)C1OC. The molecule has 15 heavy (non-hydrogen) atoms. The first-order valence-corrected chi connectivity index (χ1v) is 6.44. The zero-order valence-corrected chi connectivity index (χ0v) is 10.8. The molecule has 1 aliphatic rings. The molecule has 0 radical (unpaired) electrons. The van der Waals surface area contributed by atoms with Gasteiger partial charge in [0.15, 0.2) is 0 Å². The summed E-state index contributed by atoms with van der Waals surface area (Å²) in [5, 5.41) is 0. The molecule has 0 N–H and O–H groups in total. The normalized spacial score (nSPS) is 27.9. The maximum Gasteiger partial charge on any atom is 0.0809 e. The first-order valence-electron chi connectivity index (χ1n) is 6.44. The second kappa shape index (κ2) is 6.32. The Labute approximate surface area is 94.9 Å². The minimum Gasteiger partial charge on any atom is -0.377 e. The predicted octanol–water partition coefficient (Wildman–Crippen LogP) is 4.18. The Morgan fingerprint density at radius 1 is 1.47 bits per heavy atom. The van der Waals surface area contributed by atoms with Crippen LogP contribution in [0.2, 0.25) is 0 Å². The molecule has 0 aromatic carbocycles. The molecule has 88 valence electrons. The third-order valence-electron chi connectivity index (χ3n) is 3.69. The van der Waals surface area contributed by atoms with E-state index >= 15 is 0 Å². The summed E-state index contributed by atoms with van der Waals surface area (Å²) in [7, 11) is 1.85. The largest absolute Gasteiger partial charge is 0.377 e. The molecule has 0 bridgehead atoms. The molecule has 3 atom stereocenters. The van der Waals surface area contributed by atoms with Crippen LogP contribution in [0.5, 0.6) is 0 Å². The molecule has 0 amide bonds. The van der Waals surface area contributed by atoms with E-state index in [4.69, 9.17) is 4.74 Å². The highest BCUT2D eigenvalue weighted by Crippen LogP contribution is 2.33. The Morgan fingerprint density at radius 3 is 2.73 bits per heavy atom. The zero-order chi connectivity index (χ0) is 11.3. The summed E-state index contributed by atoms with van der Waals surface area (Å²) in [5.41, 5.74) is 1.56. The lowest BCUT2D eigenvalue weighted by Crippen LogP contribution is -2.19. The van der Waals surface area contributed by atoms with Gasteiger partial charge in [-0.25, -0.2) is 0 Å². The molecular formula is C14H26O. The van der Waals surface area contributed by atoms with E-state index in [2.05, 4.69) is 26.8 Å². The summed E-state index contributed by atoms with van der Waals surface area (Å²) in [4.78, 5) is 0. The van der Waals surface area contributed by atoms with Gasteiger partial charge < -0.3 is 4.74 Å². The van der Waals surface area contributed by atoms with Crippen molar-refractivity contribution < 1.29 is 4.74 Å². The van der Waals surface area contributed by atoms with Crippen LogP contribution < -0.4 is 0 Å². The minimum atomic E-state index is 0.399. The standard InChI is InChI=1S/C14H26O/c1-5-7-12(6-2)10-13-9-8-11(3)14(13)15-4/h9,11-12,14H,5-8,10H2,1-4H3. The van der Waals surface area contributed by atoms with E-state index in [0.717, 1.165) is 5.92 Å². The molecule has 0 saturated heterocycles. The lowest BCUT2D eigenvalue weighted by atomic mass is 9.90. The van der Waals surface area contributed by atoms with Crippen LogP contribution in [0.25, 0.3) is 0 Å². The number of allylic oxidation sites excluding steroid dienone is 1. The second-order valence-electron chi connectivity index (χ2n) is 4.92. The number of rotatable bonds is 6. The van der Waals surface area contributed by atoms with Gasteiger partial charge >= 0.3 is 0 Å². The first kappa shape index (κ1) is 12.8. The zero-order valence-electron chi connectivity index (χ0n) is 10.8. The van der Waals surface area contributed by atoms with Crippen molar-refractivity contribution in [3.8, 4) is 0 Å². The number of hydrogen-bond donors (Lipinski definition) is 0. The molecule has 1 nitrogen and oxygen atoms in total. The van der Waals surface area contributed by atoms with Gasteiger partial charge in [-0.15, -0.1) is 0 Å². The van der Waals surface area contributed by atoms with Crippen molar-refractivity contribution >= 4 is 0 Å². The average molecular weight is 210 g/mol. The van der Waals surface area contributed by atoms with Crippen LogP contribution in [0, 0.1) is 11.8 Å².